The number of amides is 2. The Labute approximate surface area is 383 Å². The van der Waals surface area contributed by atoms with Crippen LogP contribution in [0.15, 0.2) is 24.3 Å². The third-order valence-electron chi connectivity index (χ3n) is 11.4. The molecule has 0 aliphatic carbocycles. The normalized spacial score (nSPS) is 13.3. The van der Waals surface area contributed by atoms with Crippen LogP contribution in [0.25, 0.3) is 0 Å². The summed E-state index contributed by atoms with van der Waals surface area (Å²) in [6, 6.07) is 5.90. The maximum Gasteiger partial charge on any atom is 0.472 e. The average molecular weight is 911 g/mol. The third kappa shape index (κ3) is 37.4. The highest BCUT2D eigenvalue weighted by Gasteiger charge is 2.25. The van der Waals surface area contributed by atoms with E-state index in [0.29, 0.717) is 25.7 Å². The number of nitrogens with one attached hydrogen (secondary N) is 2. The molecule has 1 unspecified atom stereocenters. The van der Waals surface area contributed by atoms with Crippen LogP contribution in [0.1, 0.15) is 219 Å². The Bertz CT molecular complexity index is 1300. The van der Waals surface area contributed by atoms with E-state index in [9.17, 15) is 28.9 Å². The number of ether oxygens (including phenoxy) is 2. The van der Waals surface area contributed by atoms with Gasteiger partial charge in [-0.1, -0.05) is 174 Å². The lowest BCUT2D eigenvalue weighted by Gasteiger charge is -2.22. The van der Waals surface area contributed by atoms with Crippen molar-refractivity contribution < 1.29 is 47.5 Å². The van der Waals surface area contributed by atoms with Gasteiger partial charge in [-0.3, -0.25) is 23.4 Å². The van der Waals surface area contributed by atoms with Crippen molar-refractivity contribution in [1.29, 1.82) is 0 Å². The summed E-state index contributed by atoms with van der Waals surface area (Å²) >= 11 is 0. The highest BCUT2D eigenvalue weighted by atomic mass is 31.2. The van der Waals surface area contributed by atoms with Crippen molar-refractivity contribution in [2.45, 2.75) is 232 Å². The first-order chi connectivity index (χ1) is 30.6. The summed E-state index contributed by atoms with van der Waals surface area (Å²) in [6.45, 7) is 6.42. The minimum atomic E-state index is -4.52. The van der Waals surface area contributed by atoms with Crippen molar-refractivity contribution >= 4 is 25.6 Å². The number of rotatable bonds is 45. The molecule has 3 atom stereocenters. The van der Waals surface area contributed by atoms with E-state index in [-0.39, 0.29) is 69.0 Å². The molecule has 13 heteroatoms. The van der Waals surface area contributed by atoms with Gasteiger partial charge in [-0.2, -0.15) is 0 Å². The van der Waals surface area contributed by atoms with E-state index in [2.05, 4.69) is 31.4 Å². The molecule has 0 bridgehead atoms. The monoisotopic (exact) mass is 911 g/mol. The molecule has 12 nitrogen and oxygen atoms in total. The molecule has 1 aromatic carbocycles. The molecule has 0 heterocycles. The van der Waals surface area contributed by atoms with Crippen molar-refractivity contribution in [2.75, 3.05) is 33.0 Å². The second-order valence-corrected chi connectivity index (χ2v) is 18.9. The number of carbonyl (C=O) groups excluding carboxylic acids is 3. The van der Waals surface area contributed by atoms with Crippen LogP contribution in [0.5, 0.6) is 5.75 Å². The molecule has 1 aromatic rings. The minimum absolute atomic E-state index is 0.00803. The summed E-state index contributed by atoms with van der Waals surface area (Å²) < 4.78 is 35.2. The van der Waals surface area contributed by atoms with E-state index >= 15 is 0 Å². The standard InChI is InChI=1S/C50H91N2O10P/c1-4-7-10-13-15-17-18-20-21-24-27-30-49(55)52-45(43-61-63(57,58)60-41-39-51-48(54)37-34-44-32-35-46(53)36-33-44)42-59-40-38-47(29-26-23-12-9-6-3)62-50(56)31-28-25-22-19-16-14-11-8-5-2/h32-33,35-36,45,47,53H,4-31,34,37-43H2,1-3H3,(H,51,54)(H,52,55)(H,57,58)/t45-,47-/m1/s1. The Balaban J connectivity index is 2.64. The van der Waals surface area contributed by atoms with Gasteiger partial charge in [0.15, 0.2) is 0 Å². The number of carbonyl (C=O) groups is 3. The van der Waals surface area contributed by atoms with Crippen LogP contribution < -0.4 is 10.6 Å². The average Bonchev–Trinajstić information content (AvgIpc) is 3.26. The number of benzene rings is 1. The van der Waals surface area contributed by atoms with E-state index in [1.807, 2.05) is 0 Å². The molecular weight excluding hydrogens is 820 g/mol. The maximum absolute atomic E-state index is 13.0. The Hall–Kier alpha value is -2.50. The molecule has 1 rings (SSSR count). The molecule has 0 fully saturated rings. The largest absolute Gasteiger partial charge is 0.508 e. The fourth-order valence-electron chi connectivity index (χ4n) is 7.47. The first-order valence-corrected chi connectivity index (χ1v) is 26.8. The predicted molar refractivity (Wildman–Crippen MR) is 255 cm³/mol. The predicted octanol–water partition coefficient (Wildman–Crippen LogP) is 12.4. The van der Waals surface area contributed by atoms with Crippen LogP contribution in [0.2, 0.25) is 0 Å². The molecule has 0 aliphatic rings. The number of phosphoric acid groups is 1. The number of phenols is 1. The lowest BCUT2D eigenvalue weighted by atomic mass is 10.1. The van der Waals surface area contributed by atoms with Crippen molar-refractivity contribution in [2.24, 2.45) is 0 Å². The number of aryl methyl sites for hydroxylation is 1. The van der Waals surface area contributed by atoms with Gasteiger partial charge in [0.1, 0.15) is 11.9 Å². The first kappa shape index (κ1) is 58.5. The number of phosphoric ester groups is 1. The highest BCUT2D eigenvalue weighted by Crippen LogP contribution is 2.43. The van der Waals surface area contributed by atoms with Gasteiger partial charge < -0.3 is 30.1 Å². The number of esters is 1. The summed E-state index contributed by atoms with van der Waals surface area (Å²) in [5, 5.41) is 15.0. The zero-order valence-electron chi connectivity index (χ0n) is 40.0. The van der Waals surface area contributed by atoms with Gasteiger partial charge in [0.25, 0.3) is 0 Å². The maximum atomic E-state index is 13.0. The van der Waals surface area contributed by atoms with Gasteiger partial charge in [0.2, 0.25) is 11.8 Å². The summed E-state index contributed by atoms with van der Waals surface area (Å²) in [4.78, 5) is 48.6. The van der Waals surface area contributed by atoms with Crippen molar-refractivity contribution in [3.05, 3.63) is 29.8 Å². The molecule has 366 valence electrons. The fraction of sp³-hybridized carbons (Fsp3) is 0.820. The van der Waals surface area contributed by atoms with E-state index in [4.69, 9.17) is 18.5 Å². The number of hydrogen-bond acceptors (Lipinski definition) is 9. The van der Waals surface area contributed by atoms with Crippen molar-refractivity contribution in [3.8, 4) is 5.75 Å². The molecule has 0 aliphatic heterocycles. The van der Waals surface area contributed by atoms with Crippen LogP contribution in [-0.2, 0) is 43.9 Å². The van der Waals surface area contributed by atoms with Crippen LogP contribution in [0.4, 0.5) is 0 Å². The van der Waals surface area contributed by atoms with Gasteiger partial charge in [-0.15, -0.1) is 0 Å². The topological polar surface area (TPSA) is 170 Å². The number of unbranched alkanes of at least 4 members (excludes halogenated alkanes) is 22. The molecule has 0 aromatic heterocycles. The lowest BCUT2D eigenvalue weighted by Crippen LogP contribution is -2.41. The molecule has 0 spiro atoms. The van der Waals surface area contributed by atoms with Crippen LogP contribution in [-0.4, -0.2) is 72.9 Å². The Morgan fingerprint density at radius 2 is 1.10 bits per heavy atom. The summed E-state index contributed by atoms with van der Waals surface area (Å²) in [6.07, 6.45) is 31.7. The molecule has 0 saturated heterocycles. The summed E-state index contributed by atoms with van der Waals surface area (Å²) in [7, 11) is -4.52. The molecular formula is C50H91N2O10P. The lowest BCUT2D eigenvalue weighted by molar-refractivity contribution is -0.150. The number of hydrogen-bond donors (Lipinski definition) is 4. The number of aromatic hydroxyl groups is 1. The zero-order valence-corrected chi connectivity index (χ0v) is 40.9. The van der Waals surface area contributed by atoms with E-state index < -0.39 is 13.9 Å². The van der Waals surface area contributed by atoms with Crippen LogP contribution in [0, 0.1) is 0 Å². The van der Waals surface area contributed by atoms with Crippen molar-refractivity contribution in [3.63, 3.8) is 0 Å². The zero-order chi connectivity index (χ0) is 46.1. The number of phenolic OH excluding ortho intramolecular Hbond substituents is 1. The van der Waals surface area contributed by atoms with Gasteiger partial charge >= 0.3 is 13.8 Å². The van der Waals surface area contributed by atoms with E-state index in [0.717, 1.165) is 76.2 Å². The molecule has 0 radical (unpaired) electrons. The third-order valence-corrected chi connectivity index (χ3v) is 12.4. The molecule has 0 saturated carbocycles. The van der Waals surface area contributed by atoms with Gasteiger partial charge in [0, 0.05) is 32.2 Å². The second-order valence-electron chi connectivity index (χ2n) is 17.4. The molecule has 4 N–H and O–H groups in total. The second kappa shape index (κ2) is 41.0. The summed E-state index contributed by atoms with van der Waals surface area (Å²) in [5.41, 5.74) is 0.900. The van der Waals surface area contributed by atoms with Crippen LogP contribution >= 0.6 is 7.82 Å². The summed E-state index contributed by atoms with van der Waals surface area (Å²) in [5.74, 6) is -0.430. The Morgan fingerprint density at radius 1 is 0.587 bits per heavy atom. The molecule has 63 heavy (non-hydrogen) atoms. The van der Waals surface area contributed by atoms with Gasteiger partial charge in [0.05, 0.1) is 32.5 Å². The first-order valence-electron chi connectivity index (χ1n) is 25.3. The minimum Gasteiger partial charge on any atom is -0.508 e. The molecule has 2 amide bonds. The van der Waals surface area contributed by atoms with Crippen LogP contribution in [0.3, 0.4) is 0 Å². The smallest absolute Gasteiger partial charge is 0.472 e. The van der Waals surface area contributed by atoms with E-state index in [1.54, 1.807) is 24.3 Å². The van der Waals surface area contributed by atoms with Gasteiger partial charge in [-0.25, -0.2) is 4.57 Å². The van der Waals surface area contributed by atoms with E-state index in [1.165, 1.54) is 96.3 Å². The Kier molecular flexibility index (Phi) is 38.1. The van der Waals surface area contributed by atoms with Crippen molar-refractivity contribution in [1.82, 2.24) is 10.6 Å². The SMILES string of the molecule is CCCCCCCCCCCCCC(=O)N[C@H](COCC[C@@H](CCCCCCC)OC(=O)CCCCCCCCCCC)COP(=O)(O)OCCNC(=O)CCc1ccc(O)cc1. The quantitative estimate of drug-likeness (QED) is 0.0281. The Morgan fingerprint density at radius 3 is 1.65 bits per heavy atom. The van der Waals surface area contributed by atoms with Gasteiger partial charge in [-0.05, 0) is 49.8 Å². The highest BCUT2D eigenvalue weighted by molar-refractivity contribution is 7.47. The fourth-order valence-corrected chi connectivity index (χ4v) is 8.23.